The molecule has 0 N–H and O–H groups in total. The lowest BCUT2D eigenvalue weighted by Crippen LogP contribution is -2.46. The lowest BCUT2D eigenvalue weighted by atomic mass is 9.87. The van der Waals surface area contributed by atoms with Crippen LogP contribution in [0.2, 0.25) is 0 Å². The van der Waals surface area contributed by atoms with Crippen LogP contribution in [0.25, 0.3) is 0 Å². The van der Waals surface area contributed by atoms with Gasteiger partial charge in [0.15, 0.2) is 0 Å². The van der Waals surface area contributed by atoms with E-state index in [1.54, 1.807) is 12.1 Å². The molecule has 2 aliphatic heterocycles. The van der Waals surface area contributed by atoms with Gasteiger partial charge in [0.1, 0.15) is 0 Å². The smallest absolute Gasteiger partial charge is 0.370 e. The Bertz CT molecular complexity index is 1060. The Kier molecular flexibility index (Phi) is 11.2. The number of rotatable bonds is 7. The lowest BCUT2D eigenvalue weighted by Gasteiger charge is -2.36. The van der Waals surface area contributed by atoms with Crippen LogP contribution in [0.3, 0.4) is 0 Å². The van der Waals surface area contributed by atoms with Gasteiger partial charge < -0.3 is 14.7 Å². The first-order chi connectivity index (χ1) is 18.5. The zero-order chi connectivity index (χ0) is 28.0. The summed E-state index contributed by atoms with van der Waals surface area (Å²) in [6, 6.07) is 15.5. The molecule has 222 valence electrons. The fourth-order valence-electron chi connectivity index (χ4n) is 5.30. The van der Waals surface area contributed by atoms with E-state index in [4.69, 9.17) is 0 Å². The lowest BCUT2D eigenvalue weighted by molar-refractivity contribution is -0.131. The van der Waals surface area contributed by atoms with Crippen LogP contribution in [-0.4, -0.2) is 80.1 Å². The molecule has 0 unspecified atom stereocenters. The number of piperazine rings is 1. The van der Waals surface area contributed by atoms with Crippen LogP contribution in [0.5, 0.6) is 0 Å². The Balaban J connectivity index is 0.00000441. The van der Waals surface area contributed by atoms with Gasteiger partial charge in [0.2, 0.25) is 5.91 Å². The Morgan fingerprint density at radius 1 is 0.775 bits per heavy atom. The average molecular weight is 579 g/mol. The predicted octanol–water partition coefficient (Wildman–Crippen LogP) is 6.87. The van der Waals surface area contributed by atoms with Crippen LogP contribution in [-0.2, 0) is 10.2 Å². The van der Waals surface area contributed by atoms with E-state index >= 15 is 0 Å². The van der Waals surface area contributed by atoms with Crippen molar-refractivity contribution in [2.24, 2.45) is 0 Å². The van der Waals surface area contributed by atoms with E-state index in [-0.39, 0.29) is 35.4 Å². The second-order valence-electron chi connectivity index (χ2n) is 11.5. The molecule has 2 aliphatic rings. The van der Waals surface area contributed by atoms with Crippen LogP contribution in [0, 0.1) is 0 Å². The van der Waals surface area contributed by atoms with E-state index in [1.165, 1.54) is 23.4 Å². The largest absolute Gasteiger partial charge is 0.446 e. The van der Waals surface area contributed by atoms with Gasteiger partial charge in [-0.2, -0.15) is 13.2 Å². The molecule has 5 nitrogen and oxygen atoms in total. The number of anilines is 2. The first-order valence-electron chi connectivity index (χ1n) is 13.9. The number of thioether (sulfide) groups is 1. The van der Waals surface area contributed by atoms with Gasteiger partial charge >= 0.3 is 5.51 Å². The number of amides is 1. The number of halogens is 3. The topological polar surface area (TPSA) is 30.0 Å². The van der Waals surface area contributed by atoms with Gasteiger partial charge in [-0.15, -0.1) is 0 Å². The summed E-state index contributed by atoms with van der Waals surface area (Å²) in [7, 11) is 0. The quantitative estimate of drug-likeness (QED) is 0.335. The molecule has 2 heterocycles. The predicted molar refractivity (Wildman–Crippen MR) is 162 cm³/mol. The maximum Gasteiger partial charge on any atom is 0.446 e. The fraction of sp³-hybridized carbons (Fsp3) is 0.581. The van der Waals surface area contributed by atoms with Crippen molar-refractivity contribution < 1.29 is 18.0 Å². The Labute approximate surface area is 242 Å². The third-order valence-corrected chi connectivity index (χ3v) is 8.36. The number of nitrogens with zero attached hydrogens (tertiary/aromatic N) is 4. The second kappa shape index (κ2) is 14.0. The molecular weight excluding hydrogens is 533 g/mol. The molecule has 0 aliphatic carbocycles. The number of carbonyl (C=O) groups is 1. The fourth-order valence-corrected chi connectivity index (χ4v) is 5.84. The van der Waals surface area contributed by atoms with E-state index in [1.807, 2.05) is 4.90 Å². The summed E-state index contributed by atoms with van der Waals surface area (Å²) in [5.74, 6) is 0.200. The highest BCUT2D eigenvalue weighted by Crippen LogP contribution is 2.37. The van der Waals surface area contributed by atoms with E-state index in [0.717, 1.165) is 64.3 Å². The molecule has 0 aromatic heterocycles. The minimum absolute atomic E-state index is 0. The van der Waals surface area contributed by atoms with Crippen LogP contribution in [0.15, 0.2) is 53.4 Å². The van der Waals surface area contributed by atoms with Gasteiger partial charge in [-0.1, -0.05) is 40.3 Å². The van der Waals surface area contributed by atoms with Gasteiger partial charge in [0.25, 0.3) is 0 Å². The summed E-state index contributed by atoms with van der Waals surface area (Å²) >= 11 is -0.0949. The van der Waals surface area contributed by atoms with Crippen LogP contribution < -0.4 is 9.80 Å². The first-order valence-corrected chi connectivity index (χ1v) is 14.8. The normalized spacial score (nSPS) is 17.4. The molecule has 2 saturated heterocycles. The highest BCUT2D eigenvalue weighted by molar-refractivity contribution is 8.00. The number of benzene rings is 2. The summed E-state index contributed by atoms with van der Waals surface area (Å²) in [4.78, 5) is 22.1. The Hall–Kier alpha value is -2.39. The molecular formula is C31H45F3N4OS. The van der Waals surface area contributed by atoms with Gasteiger partial charge in [-0.05, 0) is 78.5 Å². The molecule has 2 fully saturated rings. The minimum Gasteiger partial charge on any atom is -0.370 e. The van der Waals surface area contributed by atoms with E-state index < -0.39 is 5.51 Å². The van der Waals surface area contributed by atoms with Crippen LogP contribution >= 0.6 is 11.8 Å². The number of hydrogen-bond acceptors (Lipinski definition) is 5. The van der Waals surface area contributed by atoms with Crippen LogP contribution in [0.1, 0.15) is 53.0 Å². The van der Waals surface area contributed by atoms with Crippen molar-refractivity contribution in [2.45, 2.75) is 63.3 Å². The minimum atomic E-state index is -4.28. The Morgan fingerprint density at radius 3 is 1.90 bits per heavy atom. The van der Waals surface area contributed by atoms with Crippen molar-refractivity contribution in [1.29, 1.82) is 0 Å². The van der Waals surface area contributed by atoms with Crippen LogP contribution in [0.4, 0.5) is 24.5 Å². The summed E-state index contributed by atoms with van der Waals surface area (Å²) in [5.41, 5.74) is -0.582. The highest BCUT2D eigenvalue weighted by atomic mass is 32.2. The molecule has 1 amide bonds. The molecule has 9 heteroatoms. The zero-order valence-corrected chi connectivity index (χ0v) is 24.2. The molecule has 40 heavy (non-hydrogen) atoms. The van der Waals surface area contributed by atoms with Gasteiger partial charge in [0, 0.05) is 75.0 Å². The summed E-state index contributed by atoms with van der Waals surface area (Å²) in [6.07, 6.45) is 2.26. The number of alkyl halides is 3. The van der Waals surface area contributed by atoms with Crippen molar-refractivity contribution in [3.05, 3.63) is 54.1 Å². The van der Waals surface area contributed by atoms with E-state index in [9.17, 15) is 18.0 Å². The zero-order valence-electron chi connectivity index (χ0n) is 23.3. The van der Waals surface area contributed by atoms with Crippen molar-refractivity contribution in [2.75, 3.05) is 68.7 Å². The van der Waals surface area contributed by atoms with Crippen molar-refractivity contribution >= 4 is 29.0 Å². The van der Waals surface area contributed by atoms with Gasteiger partial charge in [0.05, 0.1) is 0 Å². The third kappa shape index (κ3) is 9.33. The summed E-state index contributed by atoms with van der Waals surface area (Å²) in [6.45, 7) is 14.5. The SMILES string of the molecule is C.CC(C)(C)c1ccc(N2CCN(CCCC(=O)N3CCCN(c4ccc(SC(F)(F)F)cc4)CC3)CC2)cc1. The standard InChI is InChI=1S/C30H41F3N4OS.CH4/c1-29(2,3)24-7-9-25(10-8-24)36-20-18-34(19-21-36)15-4-6-28(38)37-17-5-16-35(22-23-37)26-11-13-27(14-12-26)39-30(31,32)33;/h7-14H,4-6,15-23H2,1-3H3;1H4. The van der Waals surface area contributed by atoms with Crippen molar-refractivity contribution in [3.8, 4) is 0 Å². The van der Waals surface area contributed by atoms with E-state index in [2.05, 4.69) is 59.7 Å². The first kappa shape index (κ1) is 32.1. The Morgan fingerprint density at radius 2 is 1.32 bits per heavy atom. The van der Waals surface area contributed by atoms with E-state index in [0.29, 0.717) is 19.5 Å². The molecule has 4 rings (SSSR count). The summed E-state index contributed by atoms with van der Waals surface area (Å²) < 4.78 is 37.8. The number of hydrogen-bond donors (Lipinski definition) is 0. The van der Waals surface area contributed by atoms with Gasteiger partial charge in [-0.25, -0.2) is 0 Å². The molecule has 0 saturated carbocycles. The van der Waals surface area contributed by atoms with Crippen molar-refractivity contribution in [3.63, 3.8) is 0 Å². The molecule has 2 aromatic rings. The maximum absolute atomic E-state index is 12.9. The van der Waals surface area contributed by atoms with Crippen molar-refractivity contribution in [1.82, 2.24) is 9.80 Å². The summed E-state index contributed by atoms with van der Waals surface area (Å²) in [5, 5.41) is 0. The monoisotopic (exact) mass is 578 g/mol. The molecule has 0 spiro atoms. The van der Waals surface area contributed by atoms with Gasteiger partial charge in [-0.3, -0.25) is 9.69 Å². The average Bonchev–Trinajstić information content (AvgIpc) is 3.15. The maximum atomic E-state index is 12.9. The molecule has 0 atom stereocenters. The molecule has 2 aromatic carbocycles. The number of carbonyl (C=O) groups excluding carboxylic acids is 1. The second-order valence-corrected chi connectivity index (χ2v) is 12.6. The molecule has 0 bridgehead atoms. The molecule has 0 radical (unpaired) electrons. The third-order valence-electron chi connectivity index (χ3n) is 7.62. The highest BCUT2D eigenvalue weighted by Gasteiger charge is 2.29.